The number of amides is 1. The normalized spacial score (nSPS) is 11.4. The summed E-state index contributed by atoms with van der Waals surface area (Å²) in [6.07, 6.45) is 1.56. The molecular weight excluding hydrogens is 740 g/mol. The molecule has 0 atom stereocenters. The summed E-state index contributed by atoms with van der Waals surface area (Å²) in [4.78, 5) is 31.6. The van der Waals surface area contributed by atoms with Gasteiger partial charge in [0.25, 0.3) is 11.5 Å². The van der Waals surface area contributed by atoms with Gasteiger partial charge in [0.2, 0.25) is 0 Å². The van der Waals surface area contributed by atoms with Crippen molar-refractivity contribution in [2.45, 2.75) is 40.5 Å². The zero-order valence-electron chi connectivity index (χ0n) is 27.6. The summed E-state index contributed by atoms with van der Waals surface area (Å²) in [5, 5.41) is 7.97. The van der Waals surface area contributed by atoms with Crippen LogP contribution in [0.25, 0.3) is 22.3 Å². The molecule has 5 rings (SSSR count). The molecule has 0 fully saturated rings. The van der Waals surface area contributed by atoms with E-state index in [0.717, 1.165) is 28.0 Å². The molecule has 0 aliphatic rings. The van der Waals surface area contributed by atoms with E-state index in [1.807, 2.05) is 69.3 Å². The van der Waals surface area contributed by atoms with E-state index in [-0.39, 0.29) is 24.0 Å². The van der Waals surface area contributed by atoms with Crippen molar-refractivity contribution in [3.05, 3.63) is 108 Å². The van der Waals surface area contributed by atoms with Crippen LogP contribution in [0.2, 0.25) is 0 Å². The molecule has 5 aromatic rings. The lowest BCUT2D eigenvalue weighted by molar-refractivity contribution is -0.118. The summed E-state index contributed by atoms with van der Waals surface area (Å²) >= 11 is 7.25. The molecule has 0 saturated heterocycles. The van der Waals surface area contributed by atoms with Crippen LogP contribution in [0, 0.1) is 13.8 Å². The number of rotatable bonds is 11. The molecule has 0 saturated carbocycles. The SMILES string of the molecule is CCOc1cc(C=Nn2c(-c3cc(C(C)C)c(OC)cc3C)nc3ccccc3c2=O)c(Br)c(Br)c1OCC(=O)Nc1ccc(C)cc1. The van der Waals surface area contributed by atoms with Gasteiger partial charge in [0.1, 0.15) is 5.75 Å². The molecule has 0 aliphatic carbocycles. The number of halogens is 2. The van der Waals surface area contributed by atoms with Crippen molar-refractivity contribution >= 4 is 60.6 Å². The first kappa shape index (κ1) is 34.8. The molecule has 0 radical (unpaired) electrons. The number of para-hydroxylation sites is 1. The molecule has 1 N–H and O–H groups in total. The van der Waals surface area contributed by atoms with Gasteiger partial charge in [-0.15, -0.1) is 0 Å². The number of carbonyl (C=O) groups is 1. The molecule has 1 aromatic heterocycles. The number of hydrogen-bond acceptors (Lipinski definition) is 7. The number of benzene rings is 4. The molecule has 0 unspecified atom stereocenters. The van der Waals surface area contributed by atoms with Gasteiger partial charge in [-0.3, -0.25) is 9.59 Å². The van der Waals surface area contributed by atoms with Gasteiger partial charge in [0.05, 0.1) is 35.3 Å². The fourth-order valence-electron chi connectivity index (χ4n) is 5.16. The summed E-state index contributed by atoms with van der Waals surface area (Å²) in [6.45, 7) is 10.1. The van der Waals surface area contributed by atoms with E-state index in [9.17, 15) is 9.59 Å². The number of fused-ring (bicyclic) bond motifs is 1. The first-order valence-electron chi connectivity index (χ1n) is 15.4. The van der Waals surface area contributed by atoms with E-state index in [2.05, 4.69) is 51.0 Å². The molecule has 9 nitrogen and oxygen atoms in total. The Hall–Kier alpha value is -4.48. The molecule has 4 aromatic carbocycles. The molecule has 1 amide bonds. The number of hydrogen-bond donors (Lipinski definition) is 1. The van der Waals surface area contributed by atoms with Crippen LogP contribution in [0.1, 0.15) is 48.9 Å². The van der Waals surface area contributed by atoms with Gasteiger partial charge in [-0.2, -0.15) is 9.78 Å². The lowest BCUT2D eigenvalue weighted by Crippen LogP contribution is -2.21. The number of anilines is 1. The van der Waals surface area contributed by atoms with E-state index < -0.39 is 0 Å². The Morgan fingerprint density at radius 1 is 1.00 bits per heavy atom. The van der Waals surface area contributed by atoms with Crippen molar-refractivity contribution in [1.29, 1.82) is 0 Å². The molecule has 0 spiro atoms. The maximum absolute atomic E-state index is 14.0. The highest BCUT2D eigenvalue weighted by Gasteiger charge is 2.21. The number of nitrogens with zero attached hydrogens (tertiary/aromatic N) is 3. The van der Waals surface area contributed by atoms with Crippen LogP contribution < -0.4 is 25.1 Å². The van der Waals surface area contributed by atoms with Crippen molar-refractivity contribution in [1.82, 2.24) is 9.66 Å². The number of aromatic nitrogens is 2. The summed E-state index contributed by atoms with van der Waals surface area (Å²) in [5.41, 5.74) is 5.27. The van der Waals surface area contributed by atoms with Gasteiger partial charge < -0.3 is 19.5 Å². The molecular formula is C37H36Br2N4O5. The van der Waals surface area contributed by atoms with Crippen LogP contribution in [0.15, 0.2) is 85.6 Å². The zero-order valence-corrected chi connectivity index (χ0v) is 30.7. The van der Waals surface area contributed by atoms with Crippen LogP contribution in [-0.4, -0.2) is 42.1 Å². The monoisotopic (exact) mass is 774 g/mol. The second-order valence-electron chi connectivity index (χ2n) is 11.4. The standard InChI is InChI=1S/C37H36Br2N4O5/c1-7-47-31-17-24(33(38)34(39)35(31)48-20-32(44)41-25-14-12-22(4)13-15-25)19-40-43-36(42-29-11-9-8-10-26(29)37(43)45)28-18-27(21(2)3)30(46-6)16-23(28)5/h8-19,21H,7,20H2,1-6H3,(H,41,44). The number of nitrogens with one attached hydrogen (secondary N) is 1. The minimum Gasteiger partial charge on any atom is -0.496 e. The topological polar surface area (TPSA) is 104 Å². The fourth-order valence-corrected chi connectivity index (χ4v) is 6.10. The first-order chi connectivity index (χ1) is 23.0. The van der Waals surface area contributed by atoms with Gasteiger partial charge in [-0.05, 0) is 112 Å². The number of methoxy groups -OCH3 is 1. The zero-order chi connectivity index (χ0) is 34.5. The lowest BCUT2D eigenvalue weighted by Gasteiger charge is -2.18. The predicted molar refractivity (Wildman–Crippen MR) is 198 cm³/mol. The molecule has 0 aliphatic heterocycles. The minimum absolute atomic E-state index is 0.170. The van der Waals surface area contributed by atoms with E-state index >= 15 is 0 Å². The Labute approximate surface area is 296 Å². The van der Waals surface area contributed by atoms with Gasteiger partial charge in [-0.1, -0.05) is 43.7 Å². The number of aryl methyl sites for hydroxylation is 2. The summed E-state index contributed by atoms with van der Waals surface area (Å²) in [7, 11) is 1.65. The van der Waals surface area contributed by atoms with Crippen LogP contribution in [0.4, 0.5) is 5.69 Å². The molecule has 48 heavy (non-hydrogen) atoms. The predicted octanol–water partition coefficient (Wildman–Crippen LogP) is 8.64. The van der Waals surface area contributed by atoms with E-state index in [0.29, 0.717) is 55.0 Å². The largest absolute Gasteiger partial charge is 0.496 e. The Morgan fingerprint density at radius 3 is 2.42 bits per heavy atom. The maximum atomic E-state index is 14.0. The second kappa shape index (κ2) is 15.2. The average molecular weight is 777 g/mol. The van der Waals surface area contributed by atoms with E-state index in [4.69, 9.17) is 24.3 Å². The Balaban J connectivity index is 1.55. The minimum atomic E-state index is -0.319. The lowest BCUT2D eigenvalue weighted by atomic mass is 9.96. The van der Waals surface area contributed by atoms with Crippen molar-refractivity contribution in [3.8, 4) is 28.6 Å². The van der Waals surface area contributed by atoms with Crippen molar-refractivity contribution < 1.29 is 19.0 Å². The molecule has 0 bridgehead atoms. The van der Waals surface area contributed by atoms with Gasteiger partial charge in [-0.25, -0.2) is 4.98 Å². The van der Waals surface area contributed by atoms with Crippen LogP contribution in [-0.2, 0) is 4.79 Å². The number of ether oxygens (including phenoxy) is 3. The van der Waals surface area contributed by atoms with Crippen molar-refractivity contribution in [2.24, 2.45) is 5.10 Å². The number of carbonyl (C=O) groups excluding carboxylic acids is 1. The van der Waals surface area contributed by atoms with Crippen LogP contribution in [0.5, 0.6) is 17.2 Å². The van der Waals surface area contributed by atoms with Gasteiger partial charge in [0.15, 0.2) is 23.9 Å². The summed E-state index contributed by atoms with van der Waals surface area (Å²) in [6, 6.07) is 20.4. The van der Waals surface area contributed by atoms with Crippen molar-refractivity contribution in [3.63, 3.8) is 0 Å². The highest BCUT2D eigenvalue weighted by Crippen LogP contribution is 2.42. The third-order valence-electron chi connectivity index (χ3n) is 7.64. The maximum Gasteiger partial charge on any atom is 0.282 e. The Kier molecular flexibility index (Phi) is 11.0. The first-order valence-corrected chi connectivity index (χ1v) is 17.0. The van der Waals surface area contributed by atoms with Crippen LogP contribution >= 0.6 is 31.9 Å². The third-order valence-corrected chi connectivity index (χ3v) is 9.79. The summed E-state index contributed by atoms with van der Waals surface area (Å²) < 4.78 is 20.0. The Morgan fingerprint density at radius 2 is 1.73 bits per heavy atom. The molecule has 11 heteroatoms. The van der Waals surface area contributed by atoms with Gasteiger partial charge in [0, 0.05) is 21.3 Å². The quantitative estimate of drug-likeness (QED) is 0.135. The summed E-state index contributed by atoms with van der Waals surface area (Å²) in [5.74, 6) is 1.77. The smallest absolute Gasteiger partial charge is 0.282 e. The van der Waals surface area contributed by atoms with Crippen LogP contribution in [0.3, 0.4) is 0 Å². The highest BCUT2D eigenvalue weighted by molar-refractivity contribution is 9.13. The van der Waals surface area contributed by atoms with Crippen molar-refractivity contribution in [2.75, 3.05) is 25.6 Å². The third kappa shape index (κ3) is 7.47. The highest BCUT2D eigenvalue weighted by atomic mass is 79.9. The Bertz CT molecular complexity index is 2070. The second-order valence-corrected chi connectivity index (χ2v) is 13.0. The molecule has 1 heterocycles. The fraction of sp³-hybridized carbons (Fsp3) is 0.243. The van der Waals surface area contributed by atoms with E-state index in [1.54, 1.807) is 31.5 Å². The van der Waals surface area contributed by atoms with E-state index in [1.165, 1.54) is 4.68 Å². The van der Waals surface area contributed by atoms with Gasteiger partial charge >= 0.3 is 0 Å². The average Bonchev–Trinajstić information content (AvgIpc) is 3.07. The molecule has 248 valence electrons.